The van der Waals surface area contributed by atoms with Gasteiger partial charge in [-0.2, -0.15) is 0 Å². The van der Waals surface area contributed by atoms with Crippen LogP contribution in [0.5, 0.6) is 0 Å². The summed E-state index contributed by atoms with van der Waals surface area (Å²) in [5.41, 5.74) is 8.29. The molecule has 4 rings (SSSR count). The second-order valence-electron chi connectivity index (χ2n) is 6.68. The summed E-state index contributed by atoms with van der Waals surface area (Å²) in [7, 11) is 0. The maximum Gasteiger partial charge on any atom is 0.258 e. The van der Waals surface area contributed by atoms with Gasteiger partial charge >= 0.3 is 0 Å². The number of amides is 2. The van der Waals surface area contributed by atoms with Crippen molar-refractivity contribution in [3.05, 3.63) is 71.7 Å². The number of hydrogen-bond donors (Lipinski definition) is 2. The highest BCUT2D eigenvalue weighted by Gasteiger charge is 2.17. The molecule has 0 aliphatic heterocycles. The van der Waals surface area contributed by atoms with Gasteiger partial charge in [-0.3, -0.25) is 14.9 Å². The molecule has 6 nitrogen and oxygen atoms in total. The number of pyridine rings is 1. The molecule has 0 aliphatic carbocycles. The number of carbonyl (C=O) groups is 2. The van der Waals surface area contributed by atoms with Crippen molar-refractivity contribution >= 4 is 50.9 Å². The van der Waals surface area contributed by atoms with Crippen LogP contribution in [0.4, 0.5) is 9.52 Å². The van der Waals surface area contributed by atoms with Crippen molar-refractivity contribution in [2.45, 2.75) is 11.1 Å². The second-order valence-corrected chi connectivity index (χ2v) is 8.92. The third kappa shape index (κ3) is 4.73. The number of primary amides is 1. The van der Waals surface area contributed by atoms with E-state index in [9.17, 15) is 14.0 Å². The number of thioether (sulfide) groups is 1. The Hall–Kier alpha value is -3.30. The number of rotatable bonds is 6. The van der Waals surface area contributed by atoms with Crippen LogP contribution in [-0.2, 0) is 4.79 Å². The van der Waals surface area contributed by atoms with E-state index in [2.05, 4.69) is 15.3 Å². The lowest BCUT2D eigenvalue weighted by molar-refractivity contribution is -0.115. The minimum Gasteiger partial charge on any atom is -0.369 e. The van der Waals surface area contributed by atoms with Crippen molar-refractivity contribution in [3.8, 4) is 11.3 Å². The predicted molar refractivity (Wildman–Crippen MR) is 122 cm³/mol. The number of nitrogens with zero attached hydrogens (tertiary/aromatic N) is 2. The first-order valence-corrected chi connectivity index (χ1v) is 11.1. The van der Waals surface area contributed by atoms with Crippen LogP contribution in [-0.4, -0.2) is 27.5 Å². The van der Waals surface area contributed by atoms with Crippen LogP contribution in [0.1, 0.15) is 16.1 Å². The van der Waals surface area contributed by atoms with Crippen LogP contribution in [0.25, 0.3) is 22.2 Å². The fourth-order valence-corrected chi connectivity index (χ4v) is 4.88. The van der Waals surface area contributed by atoms with Gasteiger partial charge < -0.3 is 5.73 Å². The minimum atomic E-state index is -0.417. The average molecular weight is 453 g/mol. The first-order valence-electron chi connectivity index (χ1n) is 9.26. The normalized spacial score (nSPS) is 10.9. The van der Waals surface area contributed by atoms with E-state index in [0.717, 1.165) is 9.90 Å². The van der Waals surface area contributed by atoms with E-state index < -0.39 is 5.91 Å². The average Bonchev–Trinajstić information content (AvgIpc) is 3.10. The fourth-order valence-electron chi connectivity index (χ4n) is 3.00. The van der Waals surface area contributed by atoms with Crippen LogP contribution in [0.2, 0.25) is 0 Å². The van der Waals surface area contributed by atoms with Gasteiger partial charge in [-0.25, -0.2) is 14.4 Å². The van der Waals surface area contributed by atoms with Crippen molar-refractivity contribution in [2.75, 3.05) is 11.1 Å². The molecule has 0 aliphatic rings. The monoisotopic (exact) mass is 452 g/mol. The van der Waals surface area contributed by atoms with Gasteiger partial charge in [0.05, 0.1) is 32.4 Å². The number of para-hydroxylation sites is 1. The third-order valence-corrected chi connectivity index (χ3v) is 6.88. The van der Waals surface area contributed by atoms with Gasteiger partial charge in [-0.15, -0.1) is 11.8 Å². The Balaban J connectivity index is 1.68. The molecule has 0 unspecified atom stereocenters. The Morgan fingerprint density at radius 3 is 2.61 bits per heavy atom. The number of aryl methyl sites for hydroxylation is 1. The van der Waals surface area contributed by atoms with Crippen LogP contribution < -0.4 is 11.1 Å². The highest BCUT2D eigenvalue weighted by atomic mass is 32.2. The van der Waals surface area contributed by atoms with E-state index in [1.54, 1.807) is 18.2 Å². The van der Waals surface area contributed by atoms with Crippen molar-refractivity contribution in [1.82, 2.24) is 9.97 Å². The van der Waals surface area contributed by atoms with E-state index in [1.165, 1.54) is 35.2 Å². The molecule has 0 saturated carbocycles. The molecular weight excluding hydrogens is 435 g/mol. The van der Waals surface area contributed by atoms with Gasteiger partial charge in [-0.1, -0.05) is 29.5 Å². The molecule has 31 heavy (non-hydrogen) atoms. The molecule has 9 heteroatoms. The van der Waals surface area contributed by atoms with Crippen LogP contribution in [0.3, 0.4) is 0 Å². The molecule has 0 bridgehead atoms. The number of halogens is 1. The Morgan fingerprint density at radius 2 is 1.87 bits per heavy atom. The number of anilines is 1. The summed E-state index contributed by atoms with van der Waals surface area (Å²) < 4.78 is 14.1. The molecule has 0 fully saturated rings. The first kappa shape index (κ1) is 21.0. The maximum atomic E-state index is 13.3. The molecule has 2 amide bonds. The van der Waals surface area contributed by atoms with E-state index >= 15 is 0 Å². The predicted octanol–water partition coefficient (Wildman–Crippen LogP) is 4.64. The van der Waals surface area contributed by atoms with Crippen molar-refractivity contribution in [1.29, 1.82) is 0 Å². The quantitative estimate of drug-likeness (QED) is 0.416. The van der Waals surface area contributed by atoms with Crippen LogP contribution in [0.15, 0.2) is 58.8 Å². The third-order valence-electron chi connectivity index (χ3n) is 4.42. The summed E-state index contributed by atoms with van der Waals surface area (Å²) in [6, 6.07) is 15.0. The van der Waals surface area contributed by atoms with Gasteiger partial charge in [0.25, 0.3) is 5.91 Å². The molecule has 2 heterocycles. The second kappa shape index (κ2) is 8.83. The standard InChI is InChI=1S/C22H17FN4O2S2/c1-12-21(30-11-19(24)28)31-22(25-12)27-20(29)16-10-18(13-6-8-14(23)9-7-13)26-17-5-3-2-4-15(16)17/h2-10H,11H2,1H3,(H2,24,28)(H,25,27,29). The number of thiazole rings is 1. The smallest absolute Gasteiger partial charge is 0.258 e. The van der Waals surface area contributed by atoms with E-state index in [4.69, 9.17) is 5.73 Å². The Kier molecular flexibility index (Phi) is 5.97. The summed E-state index contributed by atoms with van der Waals surface area (Å²) in [5.74, 6) is -0.944. The van der Waals surface area contributed by atoms with Gasteiger partial charge in [-0.05, 0) is 43.3 Å². The van der Waals surface area contributed by atoms with Crippen molar-refractivity contribution < 1.29 is 14.0 Å². The fraction of sp³-hybridized carbons (Fsp3) is 0.0909. The highest BCUT2D eigenvalue weighted by Crippen LogP contribution is 2.33. The lowest BCUT2D eigenvalue weighted by atomic mass is 10.0. The molecule has 156 valence electrons. The Labute approximate surface area is 185 Å². The van der Waals surface area contributed by atoms with Gasteiger partial charge in [0, 0.05) is 10.9 Å². The number of carbonyl (C=O) groups excluding carboxylic acids is 2. The number of hydrogen-bond acceptors (Lipinski definition) is 6. The Bertz CT molecular complexity index is 1290. The summed E-state index contributed by atoms with van der Waals surface area (Å²) in [6.45, 7) is 1.81. The van der Waals surface area contributed by atoms with Crippen LogP contribution >= 0.6 is 23.1 Å². The van der Waals surface area contributed by atoms with Gasteiger partial charge in [0.15, 0.2) is 5.13 Å². The molecule has 0 radical (unpaired) electrons. The molecule has 2 aromatic carbocycles. The summed E-state index contributed by atoms with van der Waals surface area (Å²) >= 11 is 2.58. The zero-order valence-electron chi connectivity index (χ0n) is 16.4. The minimum absolute atomic E-state index is 0.145. The number of aromatic nitrogens is 2. The van der Waals surface area contributed by atoms with Crippen molar-refractivity contribution in [2.24, 2.45) is 5.73 Å². The maximum absolute atomic E-state index is 13.3. The molecule has 0 spiro atoms. The number of nitrogens with two attached hydrogens (primary N) is 1. The molecular formula is C22H17FN4O2S2. The van der Waals surface area contributed by atoms with Gasteiger partial charge in [0.2, 0.25) is 5.91 Å². The SMILES string of the molecule is Cc1nc(NC(=O)c2cc(-c3ccc(F)cc3)nc3ccccc23)sc1SCC(N)=O. The number of fused-ring (bicyclic) bond motifs is 1. The summed E-state index contributed by atoms with van der Waals surface area (Å²) in [6.07, 6.45) is 0. The van der Waals surface area contributed by atoms with E-state index in [-0.39, 0.29) is 17.5 Å². The largest absolute Gasteiger partial charge is 0.369 e. The van der Waals surface area contributed by atoms with E-state index in [0.29, 0.717) is 32.9 Å². The zero-order valence-corrected chi connectivity index (χ0v) is 18.0. The lowest BCUT2D eigenvalue weighted by Gasteiger charge is -2.09. The van der Waals surface area contributed by atoms with Crippen molar-refractivity contribution in [3.63, 3.8) is 0 Å². The van der Waals surface area contributed by atoms with Crippen LogP contribution in [0, 0.1) is 12.7 Å². The first-order chi connectivity index (χ1) is 14.9. The molecule has 3 N–H and O–H groups in total. The molecule has 4 aromatic rings. The molecule has 0 saturated heterocycles. The zero-order chi connectivity index (χ0) is 22.0. The highest BCUT2D eigenvalue weighted by molar-refractivity contribution is 8.01. The summed E-state index contributed by atoms with van der Waals surface area (Å²) in [4.78, 5) is 33.2. The topological polar surface area (TPSA) is 98.0 Å². The summed E-state index contributed by atoms with van der Waals surface area (Å²) in [5, 5.41) is 3.96. The van der Waals surface area contributed by atoms with E-state index in [1.807, 2.05) is 31.2 Å². The Morgan fingerprint density at radius 1 is 1.13 bits per heavy atom. The molecule has 2 aromatic heterocycles. The number of nitrogens with one attached hydrogen (secondary N) is 1. The van der Waals surface area contributed by atoms with Gasteiger partial charge in [0.1, 0.15) is 5.82 Å². The molecule has 0 atom stereocenters. The number of benzene rings is 2. The lowest BCUT2D eigenvalue weighted by Crippen LogP contribution is -2.13.